The Kier molecular flexibility index (Phi) is 6.31. The highest BCUT2D eigenvalue weighted by Crippen LogP contribution is 2.33. The number of amides is 1. The fourth-order valence-corrected chi connectivity index (χ4v) is 5.55. The van der Waals surface area contributed by atoms with Crippen LogP contribution in [0.15, 0.2) is 41.3 Å². The molecular weight excluding hydrogens is 414 g/mol. The highest BCUT2D eigenvalue weighted by molar-refractivity contribution is 7.89. The van der Waals surface area contributed by atoms with Gasteiger partial charge in [-0.15, -0.1) is 0 Å². The Balaban J connectivity index is 1.70. The normalized spacial score (nSPS) is 17.7. The van der Waals surface area contributed by atoms with Crippen molar-refractivity contribution in [2.75, 3.05) is 49.6 Å². The zero-order valence-electron chi connectivity index (χ0n) is 18.1. The van der Waals surface area contributed by atoms with E-state index in [1.54, 1.807) is 12.1 Å². The van der Waals surface area contributed by atoms with Gasteiger partial charge in [-0.25, -0.2) is 8.42 Å². The van der Waals surface area contributed by atoms with Crippen molar-refractivity contribution in [3.63, 3.8) is 0 Å². The zero-order chi connectivity index (χ0) is 22.0. The van der Waals surface area contributed by atoms with Gasteiger partial charge in [-0.1, -0.05) is 17.7 Å². The summed E-state index contributed by atoms with van der Waals surface area (Å²) in [6, 6.07) is 10.8. The molecule has 8 heteroatoms. The lowest BCUT2D eigenvalue weighted by Gasteiger charge is -2.27. The van der Waals surface area contributed by atoms with Crippen LogP contribution in [0.2, 0.25) is 0 Å². The number of hydrogen-bond acceptors (Lipinski definition) is 5. The molecule has 2 heterocycles. The molecule has 2 fully saturated rings. The molecule has 2 aliphatic rings. The maximum atomic E-state index is 13.2. The Morgan fingerprint density at radius 2 is 1.68 bits per heavy atom. The summed E-state index contributed by atoms with van der Waals surface area (Å²) in [7, 11) is -3.66. The van der Waals surface area contributed by atoms with E-state index in [1.807, 2.05) is 38.1 Å². The summed E-state index contributed by atoms with van der Waals surface area (Å²) in [6.45, 7) is 7.07. The van der Waals surface area contributed by atoms with Crippen molar-refractivity contribution in [1.29, 1.82) is 0 Å². The van der Waals surface area contributed by atoms with E-state index in [0.717, 1.165) is 42.7 Å². The molecule has 4 rings (SSSR count). The van der Waals surface area contributed by atoms with E-state index in [4.69, 9.17) is 4.74 Å². The lowest BCUT2D eigenvalue weighted by atomic mass is 10.0. The number of nitrogens with one attached hydrogen (secondary N) is 1. The van der Waals surface area contributed by atoms with E-state index in [2.05, 4.69) is 10.2 Å². The van der Waals surface area contributed by atoms with Crippen LogP contribution in [0.25, 0.3) is 0 Å². The van der Waals surface area contributed by atoms with Crippen molar-refractivity contribution < 1.29 is 17.9 Å². The number of anilines is 2. The van der Waals surface area contributed by atoms with Gasteiger partial charge in [-0.3, -0.25) is 4.79 Å². The van der Waals surface area contributed by atoms with Crippen LogP contribution < -0.4 is 10.2 Å². The Morgan fingerprint density at radius 1 is 0.968 bits per heavy atom. The summed E-state index contributed by atoms with van der Waals surface area (Å²) >= 11 is 0. The van der Waals surface area contributed by atoms with Crippen LogP contribution in [-0.2, 0) is 14.8 Å². The third kappa shape index (κ3) is 4.61. The first-order chi connectivity index (χ1) is 14.9. The molecule has 1 amide bonds. The average Bonchev–Trinajstić information content (AvgIpc) is 3.30. The van der Waals surface area contributed by atoms with Gasteiger partial charge in [-0.05, 0) is 56.5 Å². The number of benzene rings is 2. The second-order valence-electron chi connectivity index (χ2n) is 8.16. The fraction of sp³-hybridized carbons (Fsp3) is 0.435. The van der Waals surface area contributed by atoms with Crippen LogP contribution in [0.1, 0.15) is 34.3 Å². The number of nitrogens with zero attached hydrogens (tertiary/aromatic N) is 2. The van der Waals surface area contributed by atoms with Crippen molar-refractivity contribution in [2.24, 2.45) is 0 Å². The minimum Gasteiger partial charge on any atom is -0.379 e. The van der Waals surface area contributed by atoms with Gasteiger partial charge < -0.3 is 15.0 Å². The number of rotatable bonds is 5. The molecule has 7 nitrogen and oxygen atoms in total. The number of aryl methyl sites for hydroxylation is 2. The van der Waals surface area contributed by atoms with Crippen LogP contribution in [0, 0.1) is 13.8 Å². The fourth-order valence-electron chi connectivity index (χ4n) is 4.12. The number of carbonyl (C=O) groups excluding carboxylic acids is 1. The second-order valence-corrected chi connectivity index (χ2v) is 10.1. The number of hydrogen-bond donors (Lipinski definition) is 1. The van der Waals surface area contributed by atoms with Gasteiger partial charge in [0.1, 0.15) is 0 Å². The first-order valence-corrected chi connectivity index (χ1v) is 12.2. The third-order valence-electron chi connectivity index (χ3n) is 5.91. The van der Waals surface area contributed by atoms with Gasteiger partial charge >= 0.3 is 0 Å². The topological polar surface area (TPSA) is 79.0 Å². The van der Waals surface area contributed by atoms with Crippen molar-refractivity contribution in [3.8, 4) is 0 Å². The Labute approximate surface area is 184 Å². The summed E-state index contributed by atoms with van der Waals surface area (Å²) in [5.74, 6) is -0.234. The molecule has 0 atom stereocenters. The molecule has 2 saturated heterocycles. The summed E-state index contributed by atoms with van der Waals surface area (Å²) in [5, 5.41) is 3.00. The number of morpholine rings is 1. The minimum absolute atomic E-state index is 0.189. The Morgan fingerprint density at radius 3 is 2.39 bits per heavy atom. The summed E-state index contributed by atoms with van der Waals surface area (Å²) in [4.78, 5) is 15.5. The highest BCUT2D eigenvalue weighted by atomic mass is 32.2. The smallest absolute Gasteiger partial charge is 0.255 e. The van der Waals surface area contributed by atoms with Gasteiger partial charge in [0.05, 0.1) is 29.5 Å². The average molecular weight is 444 g/mol. The Hall–Kier alpha value is -2.42. The van der Waals surface area contributed by atoms with E-state index < -0.39 is 10.0 Å². The van der Waals surface area contributed by atoms with E-state index in [0.29, 0.717) is 37.6 Å². The van der Waals surface area contributed by atoms with Gasteiger partial charge in [-0.2, -0.15) is 4.31 Å². The molecule has 0 aliphatic carbocycles. The van der Waals surface area contributed by atoms with Crippen molar-refractivity contribution in [2.45, 2.75) is 31.6 Å². The lowest BCUT2D eigenvalue weighted by Crippen LogP contribution is -2.40. The molecule has 0 aromatic heterocycles. The highest BCUT2D eigenvalue weighted by Gasteiger charge is 2.28. The van der Waals surface area contributed by atoms with Crippen LogP contribution in [0.3, 0.4) is 0 Å². The minimum atomic E-state index is -3.66. The molecule has 2 aromatic rings. The van der Waals surface area contributed by atoms with Crippen molar-refractivity contribution >= 4 is 27.3 Å². The van der Waals surface area contributed by atoms with E-state index >= 15 is 0 Å². The van der Waals surface area contributed by atoms with Crippen molar-refractivity contribution in [3.05, 3.63) is 53.1 Å². The number of carbonyl (C=O) groups is 1. The van der Waals surface area contributed by atoms with Gasteiger partial charge in [0.15, 0.2) is 0 Å². The standard InChI is InChI=1S/C23H29N3O4S/c1-17-5-6-18(2)20(15-17)23(27)24-21-16-19(7-8-22(21)25-9-3-4-10-25)31(28,29)26-11-13-30-14-12-26/h5-8,15-16H,3-4,9-14H2,1-2H3,(H,24,27). The first-order valence-electron chi connectivity index (χ1n) is 10.7. The summed E-state index contributed by atoms with van der Waals surface area (Å²) < 4.78 is 33.1. The van der Waals surface area contributed by atoms with Gasteiger partial charge in [0, 0.05) is 31.7 Å². The third-order valence-corrected chi connectivity index (χ3v) is 7.80. The van der Waals surface area contributed by atoms with Gasteiger partial charge in [0.25, 0.3) is 5.91 Å². The number of ether oxygens (including phenoxy) is 1. The molecule has 0 spiro atoms. The second kappa shape index (κ2) is 8.98. The largest absolute Gasteiger partial charge is 0.379 e. The molecule has 2 aliphatic heterocycles. The SMILES string of the molecule is Cc1ccc(C)c(C(=O)Nc2cc(S(=O)(=O)N3CCOCC3)ccc2N2CCCC2)c1. The maximum absolute atomic E-state index is 13.2. The molecule has 0 unspecified atom stereocenters. The van der Waals surface area contributed by atoms with E-state index in [9.17, 15) is 13.2 Å². The Bertz CT molecular complexity index is 1070. The predicted octanol–water partition coefficient (Wildman–Crippen LogP) is 3.18. The van der Waals surface area contributed by atoms with E-state index in [-0.39, 0.29) is 10.8 Å². The van der Waals surface area contributed by atoms with Crippen LogP contribution >= 0.6 is 0 Å². The molecular formula is C23H29N3O4S. The van der Waals surface area contributed by atoms with Gasteiger partial charge in [0.2, 0.25) is 10.0 Å². The maximum Gasteiger partial charge on any atom is 0.255 e. The molecule has 2 aromatic carbocycles. The number of sulfonamides is 1. The summed E-state index contributed by atoms with van der Waals surface area (Å²) in [5.41, 5.74) is 3.86. The molecule has 0 saturated carbocycles. The molecule has 166 valence electrons. The molecule has 0 radical (unpaired) electrons. The lowest BCUT2D eigenvalue weighted by molar-refractivity contribution is 0.0730. The zero-order valence-corrected chi connectivity index (χ0v) is 18.9. The predicted molar refractivity (Wildman–Crippen MR) is 121 cm³/mol. The van der Waals surface area contributed by atoms with Crippen LogP contribution in [0.4, 0.5) is 11.4 Å². The quantitative estimate of drug-likeness (QED) is 0.768. The first kappa shape index (κ1) is 21.8. The van der Waals surface area contributed by atoms with Crippen LogP contribution in [0.5, 0.6) is 0 Å². The molecule has 31 heavy (non-hydrogen) atoms. The monoisotopic (exact) mass is 443 g/mol. The summed E-state index contributed by atoms with van der Waals surface area (Å²) in [6.07, 6.45) is 2.16. The van der Waals surface area contributed by atoms with Crippen LogP contribution in [-0.4, -0.2) is 58.0 Å². The van der Waals surface area contributed by atoms with Crippen molar-refractivity contribution in [1.82, 2.24) is 4.31 Å². The van der Waals surface area contributed by atoms with E-state index in [1.165, 1.54) is 4.31 Å². The molecule has 0 bridgehead atoms. The molecule has 1 N–H and O–H groups in total.